The van der Waals surface area contributed by atoms with E-state index in [2.05, 4.69) is 20.9 Å². The first-order valence-corrected chi connectivity index (χ1v) is 13.3. The molecule has 1 aliphatic heterocycles. The molecular formula is C29H38FN5O3. The number of amides is 4. The molecule has 0 spiro atoms. The lowest BCUT2D eigenvalue weighted by molar-refractivity contribution is 0.0627. The van der Waals surface area contributed by atoms with Gasteiger partial charge in [0.2, 0.25) is 0 Å². The predicted molar refractivity (Wildman–Crippen MR) is 146 cm³/mol. The fraction of sp³-hybridized carbons (Fsp3) is 0.483. The second-order valence-electron chi connectivity index (χ2n) is 11.4. The van der Waals surface area contributed by atoms with Gasteiger partial charge in [0.15, 0.2) is 0 Å². The molecule has 4 rings (SSSR count). The number of halogens is 1. The average Bonchev–Trinajstić information content (AvgIpc) is 2.86. The maximum absolute atomic E-state index is 14.6. The molecule has 2 aromatic rings. The van der Waals surface area contributed by atoms with Crippen LogP contribution < -0.4 is 16.0 Å². The number of nitrogens with zero attached hydrogens (tertiary/aromatic N) is 2. The van der Waals surface area contributed by atoms with Gasteiger partial charge >= 0.3 is 6.03 Å². The monoisotopic (exact) mass is 523 g/mol. The summed E-state index contributed by atoms with van der Waals surface area (Å²) in [7, 11) is 0. The van der Waals surface area contributed by atoms with Crippen molar-refractivity contribution < 1.29 is 18.8 Å². The van der Waals surface area contributed by atoms with Crippen LogP contribution in [0.3, 0.4) is 0 Å². The molecule has 1 heterocycles. The summed E-state index contributed by atoms with van der Waals surface area (Å²) < 4.78 is 14.6. The molecule has 4 amide bonds. The molecule has 8 nitrogen and oxygen atoms in total. The molecule has 2 fully saturated rings. The van der Waals surface area contributed by atoms with Crippen LogP contribution >= 0.6 is 0 Å². The zero-order valence-electron chi connectivity index (χ0n) is 22.5. The number of nitrogens with one attached hydrogen (secondary N) is 3. The number of piperazine rings is 1. The van der Waals surface area contributed by atoms with Gasteiger partial charge in [-0.2, -0.15) is 0 Å². The maximum Gasteiger partial charge on any atom is 0.319 e. The predicted octanol–water partition coefficient (Wildman–Crippen LogP) is 4.23. The Hall–Kier alpha value is -3.46. The molecule has 204 valence electrons. The quantitative estimate of drug-likeness (QED) is 0.506. The number of carbonyl (C=O) groups is 3. The van der Waals surface area contributed by atoms with E-state index in [0.717, 1.165) is 18.4 Å². The summed E-state index contributed by atoms with van der Waals surface area (Å²) in [5.74, 6) is -0.908. The van der Waals surface area contributed by atoms with E-state index in [9.17, 15) is 18.8 Å². The van der Waals surface area contributed by atoms with Crippen molar-refractivity contribution in [2.24, 2.45) is 5.41 Å². The standard InChI is InChI=1S/C29H38FN5O3/c1-29(2,3)19-31-28(38)33-25-11-10-22(17-24(25)30)27(37)35-14-12-34(13-15-35)18-20-6-4-7-21(16-20)26(36)32-23-8-5-9-23/h4,6-7,10-11,16-17,23H,5,8-9,12-15,18-19H2,1-3H3,(H,32,36)(H2,31,33,38). The van der Waals surface area contributed by atoms with Gasteiger partial charge in [0.1, 0.15) is 5.82 Å². The first kappa shape index (κ1) is 27.6. The zero-order valence-corrected chi connectivity index (χ0v) is 22.5. The Morgan fingerprint density at radius 3 is 2.34 bits per heavy atom. The lowest BCUT2D eigenvalue weighted by atomic mass is 9.93. The summed E-state index contributed by atoms with van der Waals surface area (Å²) in [5, 5.41) is 8.29. The summed E-state index contributed by atoms with van der Waals surface area (Å²) >= 11 is 0. The van der Waals surface area contributed by atoms with E-state index in [1.165, 1.54) is 24.6 Å². The van der Waals surface area contributed by atoms with Crippen molar-refractivity contribution in [2.75, 3.05) is 38.0 Å². The Morgan fingerprint density at radius 2 is 1.71 bits per heavy atom. The normalized spacial score (nSPS) is 16.5. The average molecular weight is 524 g/mol. The van der Waals surface area contributed by atoms with Gasteiger partial charge in [0, 0.05) is 56.4 Å². The summed E-state index contributed by atoms with van der Waals surface area (Å²) in [6.45, 7) is 9.52. The van der Waals surface area contributed by atoms with Gasteiger partial charge in [-0.25, -0.2) is 9.18 Å². The fourth-order valence-corrected chi connectivity index (χ4v) is 4.44. The van der Waals surface area contributed by atoms with Crippen molar-refractivity contribution in [3.8, 4) is 0 Å². The van der Waals surface area contributed by atoms with Crippen molar-refractivity contribution in [1.82, 2.24) is 20.4 Å². The Labute approximate surface area is 224 Å². The summed E-state index contributed by atoms with van der Waals surface area (Å²) in [6, 6.07) is 11.6. The number of rotatable bonds is 7. The SMILES string of the molecule is CC(C)(C)CNC(=O)Nc1ccc(C(=O)N2CCN(Cc3cccc(C(=O)NC4CCC4)c3)CC2)cc1F. The first-order chi connectivity index (χ1) is 18.1. The van der Waals surface area contributed by atoms with Crippen molar-refractivity contribution in [3.05, 3.63) is 65.0 Å². The molecule has 0 aromatic heterocycles. The summed E-state index contributed by atoms with van der Waals surface area (Å²) in [4.78, 5) is 41.5. The highest BCUT2D eigenvalue weighted by Gasteiger charge is 2.24. The van der Waals surface area contributed by atoms with Crippen LogP contribution in [-0.4, -0.2) is 66.4 Å². The lowest BCUT2D eigenvalue weighted by Gasteiger charge is -2.35. The molecule has 0 atom stereocenters. The third kappa shape index (κ3) is 7.54. The molecule has 0 radical (unpaired) electrons. The minimum atomic E-state index is -0.651. The van der Waals surface area contributed by atoms with Crippen molar-refractivity contribution in [3.63, 3.8) is 0 Å². The minimum Gasteiger partial charge on any atom is -0.349 e. The van der Waals surface area contributed by atoms with Crippen LogP contribution in [0, 0.1) is 11.2 Å². The largest absolute Gasteiger partial charge is 0.349 e. The van der Waals surface area contributed by atoms with Gasteiger partial charge in [-0.3, -0.25) is 14.5 Å². The Kier molecular flexibility index (Phi) is 8.66. The van der Waals surface area contributed by atoms with Crippen LogP contribution in [0.5, 0.6) is 0 Å². The highest BCUT2D eigenvalue weighted by atomic mass is 19.1. The molecule has 1 aliphatic carbocycles. The van der Waals surface area contributed by atoms with E-state index >= 15 is 0 Å². The van der Waals surface area contributed by atoms with Crippen LogP contribution in [0.15, 0.2) is 42.5 Å². The highest BCUT2D eigenvalue weighted by Crippen LogP contribution is 2.20. The molecule has 9 heteroatoms. The molecule has 0 bridgehead atoms. The van der Waals surface area contributed by atoms with Crippen molar-refractivity contribution in [2.45, 2.75) is 52.6 Å². The second-order valence-corrected chi connectivity index (χ2v) is 11.4. The van der Waals surface area contributed by atoms with Gasteiger partial charge in [0.05, 0.1) is 5.69 Å². The van der Waals surface area contributed by atoms with E-state index in [4.69, 9.17) is 0 Å². The van der Waals surface area contributed by atoms with E-state index in [-0.39, 0.29) is 28.5 Å². The van der Waals surface area contributed by atoms with Crippen LogP contribution in [-0.2, 0) is 6.54 Å². The molecule has 0 unspecified atom stereocenters. The second kappa shape index (κ2) is 11.9. The number of anilines is 1. The number of hydrogen-bond acceptors (Lipinski definition) is 4. The zero-order chi connectivity index (χ0) is 27.3. The molecule has 2 aliphatic rings. The highest BCUT2D eigenvalue weighted by molar-refractivity contribution is 5.96. The van der Waals surface area contributed by atoms with Crippen LogP contribution in [0.25, 0.3) is 0 Å². The van der Waals surface area contributed by atoms with E-state index in [1.807, 2.05) is 45.0 Å². The first-order valence-electron chi connectivity index (χ1n) is 13.3. The Bertz CT molecular complexity index is 1170. The van der Waals surface area contributed by atoms with E-state index in [0.29, 0.717) is 50.9 Å². The van der Waals surface area contributed by atoms with Gasteiger partial charge < -0.3 is 20.9 Å². The molecule has 3 N–H and O–H groups in total. The molecule has 1 saturated carbocycles. The Morgan fingerprint density at radius 1 is 0.974 bits per heavy atom. The minimum absolute atomic E-state index is 0.0223. The summed E-state index contributed by atoms with van der Waals surface area (Å²) in [5.41, 5.74) is 1.92. The number of hydrogen-bond donors (Lipinski definition) is 3. The Balaban J connectivity index is 1.27. The fourth-order valence-electron chi connectivity index (χ4n) is 4.44. The van der Waals surface area contributed by atoms with E-state index < -0.39 is 11.8 Å². The van der Waals surface area contributed by atoms with E-state index in [1.54, 1.807) is 4.90 Å². The third-order valence-corrected chi connectivity index (χ3v) is 6.94. The van der Waals surface area contributed by atoms with Gasteiger partial charge in [-0.05, 0) is 60.6 Å². The van der Waals surface area contributed by atoms with Crippen LogP contribution in [0.1, 0.15) is 66.3 Å². The molecular weight excluding hydrogens is 485 g/mol. The molecule has 1 saturated heterocycles. The summed E-state index contributed by atoms with van der Waals surface area (Å²) in [6.07, 6.45) is 3.28. The van der Waals surface area contributed by atoms with Gasteiger partial charge in [0.25, 0.3) is 11.8 Å². The third-order valence-electron chi connectivity index (χ3n) is 6.94. The molecule has 2 aromatic carbocycles. The van der Waals surface area contributed by atoms with Crippen LogP contribution in [0.2, 0.25) is 0 Å². The molecule has 38 heavy (non-hydrogen) atoms. The van der Waals surface area contributed by atoms with Crippen molar-refractivity contribution in [1.29, 1.82) is 0 Å². The van der Waals surface area contributed by atoms with Gasteiger partial charge in [-0.1, -0.05) is 32.9 Å². The topological polar surface area (TPSA) is 93.8 Å². The number of carbonyl (C=O) groups excluding carboxylic acids is 3. The number of benzene rings is 2. The lowest BCUT2D eigenvalue weighted by Crippen LogP contribution is -2.48. The van der Waals surface area contributed by atoms with Crippen molar-refractivity contribution >= 4 is 23.5 Å². The smallest absolute Gasteiger partial charge is 0.319 e. The maximum atomic E-state index is 14.6. The van der Waals surface area contributed by atoms with Gasteiger partial charge in [-0.15, -0.1) is 0 Å². The van der Waals surface area contributed by atoms with Crippen LogP contribution in [0.4, 0.5) is 14.9 Å². The number of urea groups is 1.